The van der Waals surface area contributed by atoms with Crippen LogP contribution in [0.3, 0.4) is 0 Å². The molecule has 1 heterocycles. The zero-order valence-corrected chi connectivity index (χ0v) is 16.6. The summed E-state index contributed by atoms with van der Waals surface area (Å²) < 4.78 is 19.2. The lowest BCUT2D eigenvalue weighted by molar-refractivity contribution is -0.120. The van der Waals surface area contributed by atoms with Gasteiger partial charge in [-0.25, -0.2) is 4.39 Å². The highest BCUT2D eigenvalue weighted by molar-refractivity contribution is 6.17. The molecule has 0 saturated carbocycles. The standard InChI is InChI=1S/C22H25FN2O3/c1-5-18-22(27)24(13-14(2)3)19-11-8-16(23)12-20(19)25(18)21(26)15-6-9-17(28-4)10-7-15/h6-12,14,18H,5,13H2,1-4H3/t18-/m1/s1. The Morgan fingerprint density at radius 2 is 1.82 bits per heavy atom. The largest absolute Gasteiger partial charge is 0.497 e. The SMILES string of the molecule is CC[C@@H]1C(=O)N(CC(C)C)c2ccc(F)cc2N1C(=O)c1ccc(OC)cc1. The van der Waals surface area contributed by atoms with Gasteiger partial charge >= 0.3 is 0 Å². The molecule has 0 radical (unpaired) electrons. The van der Waals surface area contributed by atoms with Gasteiger partial charge < -0.3 is 9.64 Å². The average Bonchev–Trinajstić information content (AvgIpc) is 2.69. The maximum Gasteiger partial charge on any atom is 0.259 e. The number of nitrogens with zero attached hydrogens (tertiary/aromatic N) is 2. The number of carbonyl (C=O) groups excluding carboxylic acids is 2. The fourth-order valence-electron chi connectivity index (χ4n) is 3.53. The van der Waals surface area contributed by atoms with Crippen LogP contribution in [-0.4, -0.2) is 31.5 Å². The summed E-state index contributed by atoms with van der Waals surface area (Å²) in [5.74, 6) is -0.0490. The zero-order valence-electron chi connectivity index (χ0n) is 16.6. The van der Waals surface area contributed by atoms with E-state index in [0.717, 1.165) is 0 Å². The van der Waals surface area contributed by atoms with Crippen molar-refractivity contribution in [1.29, 1.82) is 0 Å². The molecule has 0 aromatic heterocycles. The van der Waals surface area contributed by atoms with Gasteiger partial charge in [0.25, 0.3) is 5.91 Å². The second-order valence-electron chi connectivity index (χ2n) is 7.30. The molecule has 0 N–H and O–H groups in total. The number of benzene rings is 2. The van der Waals surface area contributed by atoms with Gasteiger partial charge in [-0.05, 0) is 54.8 Å². The third-order valence-electron chi connectivity index (χ3n) is 4.84. The van der Waals surface area contributed by atoms with Crippen LogP contribution in [0.4, 0.5) is 15.8 Å². The van der Waals surface area contributed by atoms with E-state index in [0.29, 0.717) is 35.7 Å². The average molecular weight is 384 g/mol. The van der Waals surface area contributed by atoms with Crippen molar-refractivity contribution in [2.45, 2.75) is 33.2 Å². The van der Waals surface area contributed by atoms with Crippen molar-refractivity contribution in [3.8, 4) is 5.75 Å². The third kappa shape index (κ3) is 3.59. The number of halogens is 1. The Kier molecular flexibility index (Phi) is 5.68. The van der Waals surface area contributed by atoms with Crippen LogP contribution in [-0.2, 0) is 4.79 Å². The molecule has 2 amide bonds. The topological polar surface area (TPSA) is 49.9 Å². The molecule has 2 aromatic rings. The lowest BCUT2D eigenvalue weighted by Gasteiger charge is -2.42. The van der Waals surface area contributed by atoms with Gasteiger partial charge in [-0.2, -0.15) is 0 Å². The predicted molar refractivity (Wildman–Crippen MR) is 107 cm³/mol. The van der Waals surface area contributed by atoms with Crippen molar-refractivity contribution in [1.82, 2.24) is 0 Å². The molecule has 0 bridgehead atoms. The number of hydrogen-bond acceptors (Lipinski definition) is 3. The highest BCUT2D eigenvalue weighted by Crippen LogP contribution is 2.39. The minimum absolute atomic E-state index is 0.142. The highest BCUT2D eigenvalue weighted by atomic mass is 19.1. The maximum absolute atomic E-state index is 14.1. The van der Waals surface area contributed by atoms with Gasteiger partial charge in [0.05, 0.1) is 18.5 Å². The van der Waals surface area contributed by atoms with Crippen LogP contribution in [0.15, 0.2) is 42.5 Å². The lowest BCUT2D eigenvalue weighted by Crippen LogP contribution is -2.56. The maximum atomic E-state index is 14.1. The van der Waals surface area contributed by atoms with Crippen LogP contribution >= 0.6 is 0 Å². The molecule has 2 aromatic carbocycles. The van der Waals surface area contributed by atoms with Gasteiger partial charge in [-0.3, -0.25) is 14.5 Å². The first-order valence-electron chi connectivity index (χ1n) is 9.45. The molecule has 0 unspecified atom stereocenters. The molecule has 0 fully saturated rings. The molecule has 0 saturated heterocycles. The zero-order chi connectivity index (χ0) is 20.4. The van der Waals surface area contributed by atoms with Crippen LogP contribution in [0, 0.1) is 11.7 Å². The number of amides is 2. The van der Waals surface area contributed by atoms with E-state index in [4.69, 9.17) is 4.74 Å². The molecule has 6 heteroatoms. The molecule has 148 valence electrons. The number of hydrogen-bond donors (Lipinski definition) is 0. The molecule has 1 aliphatic heterocycles. The smallest absolute Gasteiger partial charge is 0.259 e. The van der Waals surface area contributed by atoms with E-state index in [1.807, 2.05) is 20.8 Å². The number of rotatable bonds is 5. The lowest BCUT2D eigenvalue weighted by atomic mass is 10.0. The van der Waals surface area contributed by atoms with Gasteiger partial charge in [-0.1, -0.05) is 20.8 Å². The van der Waals surface area contributed by atoms with E-state index in [1.54, 1.807) is 42.3 Å². The molecule has 0 aliphatic carbocycles. The second kappa shape index (κ2) is 8.00. The quantitative estimate of drug-likeness (QED) is 0.774. The van der Waals surface area contributed by atoms with E-state index >= 15 is 0 Å². The Morgan fingerprint density at radius 1 is 1.14 bits per heavy atom. The van der Waals surface area contributed by atoms with Crippen molar-refractivity contribution in [3.63, 3.8) is 0 Å². The first-order valence-corrected chi connectivity index (χ1v) is 9.45. The summed E-state index contributed by atoms with van der Waals surface area (Å²) in [5, 5.41) is 0. The van der Waals surface area contributed by atoms with Crippen LogP contribution < -0.4 is 14.5 Å². The normalized spacial score (nSPS) is 16.4. The summed E-state index contributed by atoms with van der Waals surface area (Å²) >= 11 is 0. The monoisotopic (exact) mass is 384 g/mol. The molecule has 0 spiro atoms. The number of carbonyl (C=O) groups is 2. The van der Waals surface area contributed by atoms with Crippen LogP contribution in [0.1, 0.15) is 37.6 Å². The van der Waals surface area contributed by atoms with Gasteiger partial charge in [-0.15, -0.1) is 0 Å². The molecule has 3 rings (SSSR count). The van der Waals surface area contributed by atoms with Gasteiger partial charge in [0.15, 0.2) is 0 Å². The molecule has 28 heavy (non-hydrogen) atoms. The molecule has 5 nitrogen and oxygen atoms in total. The van der Waals surface area contributed by atoms with Crippen molar-refractivity contribution < 1.29 is 18.7 Å². The van der Waals surface area contributed by atoms with Crippen molar-refractivity contribution in [2.75, 3.05) is 23.5 Å². The minimum atomic E-state index is -0.678. The van der Waals surface area contributed by atoms with E-state index < -0.39 is 11.9 Å². The molecular weight excluding hydrogens is 359 g/mol. The number of anilines is 2. The van der Waals surface area contributed by atoms with Gasteiger partial charge in [0.1, 0.15) is 17.6 Å². The number of ether oxygens (including phenoxy) is 1. The van der Waals surface area contributed by atoms with Gasteiger partial charge in [0.2, 0.25) is 5.91 Å². The summed E-state index contributed by atoms with van der Waals surface area (Å²) in [6.45, 7) is 6.41. The van der Waals surface area contributed by atoms with E-state index in [-0.39, 0.29) is 17.7 Å². The Morgan fingerprint density at radius 3 is 2.39 bits per heavy atom. The summed E-state index contributed by atoms with van der Waals surface area (Å²) in [7, 11) is 1.55. The number of methoxy groups -OCH3 is 1. The molecular formula is C22H25FN2O3. The van der Waals surface area contributed by atoms with E-state index in [1.165, 1.54) is 17.0 Å². The molecule has 1 atom stereocenters. The molecule has 1 aliphatic rings. The van der Waals surface area contributed by atoms with E-state index in [2.05, 4.69) is 0 Å². The fourth-order valence-corrected chi connectivity index (χ4v) is 3.53. The minimum Gasteiger partial charge on any atom is -0.497 e. The van der Waals surface area contributed by atoms with Crippen molar-refractivity contribution in [3.05, 3.63) is 53.8 Å². The van der Waals surface area contributed by atoms with E-state index in [9.17, 15) is 14.0 Å². The number of fused-ring (bicyclic) bond motifs is 1. The fraction of sp³-hybridized carbons (Fsp3) is 0.364. The first kappa shape index (κ1) is 19.9. The first-order chi connectivity index (χ1) is 13.4. The Bertz CT molecular complexity index is 880. The van der Waals surface area contributed by atoms with Crippen LogP contribution in [0.5, 0.6) is 5.75 Å². The van der Waals surface area contributed by atoms with Crippen LogP contribution in [0.2, 0.25) is 0 Å². The van der Waals surface area contributed by atoms with Gasteiger partial charge in [0, 0.05) is 12.1 Å². The highest BCUT2D eigenvalue weighted by Gasteiger charge is 2.40. The van der Waals surface area contributed by atoms with Crippen molar-refractivity contribution >= 4 is 23.2 Å². The van der Waals surface area contributed by atoms with Crippen LogP contribution in [0.25, 0.3) is 0 Å². The Balaban J connectivity index is 2.11. The summed E-state index contributed by atoms with van der Waals surface area (Å²) in [4.78, 5) is 29.6. The summed E-state index contributed by atoms with van der Waals surface area (Å²) in [6, 6.07) is 10.2. The summed E-state index contributed by atoms with van der Waals surface area (Å²) in [5.41, 5.74) is 1.40. The second-order valence-corrected chi connectivity index (χ2v) is 7.30. The summed E-state index contributed by atoms with van der Waals surface area (Å²) in [6.07, 6.45) is 0.436. The van der Waals surface area contributed by atoms with Crippen molar-refractivity contribution in [2.24, 2.45) is 5.92 Å². The Hall–Kier alpha value is -2.89. The Labute approximate surface area is 164 Å². The third-order valence-corrected chi connectivity index (χ3v) is 4.84. The predicted octanol–water partition coefficient (Wildman–Crippen LogP) is 4.26.